The highest BCUT2D eigenvalue weighted by molar-refractivity contribution is 5.51. The molecule has 0 unspecified atom stereocenters. The van der Waals surface area contributed by atoms with Gasteiger partial charge in [-0.15, -0.1) is 0 Å². The molecule has 0 aliphatic carbocycles. The van der Waals surface area contributed by atoms with Gasteiger partial charge in [0.1, 0.15) is 5.82 Å². The molecule has 1 nitrogen and oxygen atoms in total. The van der Waals surface area contributed by atoms with Crippen molar-refractivity contribution < 1.29 is 17.6 Å². The van der Waals surface area contributed by atoms with E-state index in [9.17, 15) is 17.6 Å². The Balaban J connectivity index is 2.87. The van der Waals surface area contributed by atoms with E-state index < -0.39 is 17.6 Å². The van der Waals surface area contributed by atoms with Crippen LogP contribution < -0.4 is 5.32 Å². The summed E-state index contributed by atoms with van der Waals surface area (Å²) in [6.45, 7) is 3.22. The maximum absolute atomic E-state index is 13.0. The molecule has 1 rings (SSSR count). The highest BCUT2D eigenvalue weighted by Gasteiger charge is 2.31. The van der Waals surface area contributed by atoms with Gasteiger partial charge in [0.15, 0.2) is 0 Å². The minimum Gasteiger partial charge on any atom is -0.314 e. The molecule has 5 heteroatoms. The number of nitrogens with one attached hydrogen (secondary N) is 1. The Hall–Kier alpha value is -1.36. The van der Waals surface area contributed by atoms with Crippen LogP contribution in [0.5, 0.6) is 0 Å². The number of rotatable bonds is 4. The molecule has 0 saturated heterocycles. The lowest BCUT2D eigenvalue weighted by Gasteiger charge is -2.07. The predicted molar refractivity (Wildman–Crippen MR) is 59.0 cm³/mol. The van der Waals surface area contributed by atoms with Gasteiger partial charge in [0.05, 0.1) is 5.56 Å². The van der Waals surface area contributed by atoms with E-state index in [0.29, 0.717) is 12.6 Å². The molecule has 0 spiro atoms. The monoisotopic (exact) mass is 247 g/mol. The van der Waals surface area contributed by atoms with Crippen LogP contribution in [0.15, 0.2) is 24.3 Å². The quantitative estimate of drug-likeness (QED) is 0.634. The van der Waals surface area contributed by atoms with Gasteiger partial charge < -0.3 is 5.32 Å². The molecule has 1 aromatic rings. The molecule has 0 fully saturated rings. The van der Waals surface area contributed by atoms with Crippen LogP contribution in [0.3, 0.4) is 0 Å². The van der Waals surface area contributed by atoms with Crippen LogP contribution in [0.1, 0.15) is 18.1 Å². The van der Waals surface area contributed by atoms with E-state index in [1.807, 2.05) is 6.92 Å². The van der Waals surface area contributed by atoms with Gasteiger partial charge in [-0.25, -0.2) is 4.39 Å². The maximum Gasteiger partial charge on any atom is 0.416 e. The molecule has 0 heterocycles. The number of hydrogen-bond donors (Lipinski definition) is 1. The first-order valence-electron chi connectivity index (χ1n) is 5.18. The highest BCUT2D eigenvalue weighted by Crippen LogP contribution is 2.30. The summed E-state index contributed by atoms with van der Waals surface area (Å²) in [5, 5.41) is 2.98. The van der Waals surface area contributed by atoms with Crippen LogP contribution in [-0.4, -0.2) is 13.1 Å². The molecule has 0 aliphatic heterocycles. The van der Waals surface area contributed by atoms with Crippen molar-refractivity contribution in [2.45, 2.75) is 13.1 Å². The zero-order valence-electron chi connectivity index (χ0n) is 9.31. The second-order valence-corrected chi connectivity index (χ2v) is 3.48. The Kier molecular flexibility index (Phi) is 4.69. The molecule has 0 amide bonds. The Labute approximate surface area is 97.1 Å². The van der Waals surface area contributed by atoms with Gasteiger partial charge >= 0.3 is 6.18 Å². The molecule has 1 aromatic carbocycles. The van der Waals surface area contributed by atoms with Crippen molar-refractivity contribution in [2.24, 2.45) is 0 Å². The number of likely N-dealkylation sites (N-methyl/N-ethyl adjacent to an activating group) is 1. The first-order chi connectivity index (χ1) is 7.93. The van der Waals surface area contributed by atoms with E-state index in [4.69, 9.17) is 0 Å². The topological polar surface area (TPSA) is 12.0 Å². The van der Waals surface area contributed by atoms with Crippen LogP contribution in [0, 0.1) is 5.82 Å². The van der Waals surface area contributed by atoms with Crippen LogP contribution in [0.4, 0.5) is 17.6 Å². The lowest BCUT2D eigenvalue weighted by Crippen LogP contribution is -2.11. The Morgan fingerprint density at radius 3 is 2.53 bits per heavy atom. The molecule has 0 atom stereocenters. The minimum atomic E-state index is -4.52. The fourth-order valence-electron chi connectivity index (χ4n) is 1.29. The lowest BCUT2D eigenvalue weighted by molar-refractivity contribution is -0.137. The normalized spacial score (nSPS) is 12.3. The van der Waals surface area contributed by atoms with Crippen molar-refractivity contribution in [2.75, 3.05) is 13.1 Å². The predicted octanol–water partition coefficient (Wildman–Crippen LogP) is 3.47. The van der Waals surface area contributed by atoms with Gasteiger partial charge in [0.25, 0.3) is 0 Å². The number of benzene rings is 1. The summed E-state index contributed by atoms with van der Waals surface area (Å²) < 4.78 is 50.1. The molecule has 17 heavy (non-hydrogen) atoms. The third-order valence-corrected chi connectivity index (χ3v) is 2.07. The molecular formula is C12H13F4N. The maximum atomic E-state index is 13.0. The molecule has 0 radical (unpaired) electrons. The van der Waals surface area contributed by atoms with E-state index in [0.717, 1.165) is 18.7 Å². The van der Waals surface area contributed by atoms with Crippen molar-refractivity contribution in [3.8, 4) is 0 Å². The molecule has 1 N–H and O–H groups in total. The average Bonchev–Trinajstić information content (AvgIpc) is 2.22. The second kappa shape index (κ2) is 5.82. The van der Waals surface area contributed by atoms with Crippen molar-refractivity contribution in [3.63, 3.8) is 0 Å². The largest absolute Gasteiger partial charge is 0.416 e. The van der Waals surface area contributed by atoms with E-state index in [1.54, 1.807) is 6.08 Å². The summed E-state index contributed by atoms with van der Waals surface area (Å²) in [6, 6.07) is 2.48. The molecular weight excluding hydrogens is 234 g/mol. The third kappa shape index (κ3) is 4.56. The van der Waals surface area contributed by atoms with Gasteiger partial charge in [-0.2, -0.15) is 13.2 Å². The average molecular weight is 247 g/mol. The first-order valence-corrected chi connectivity index (χ1v) is 5.18. The molecule has 94 valence electrons. The third-order valence-electron chi connectivity index (χ3n) is 2.07. The molecule has 0 aliphatic rings. The van der Waals surface area contributed by atoms with Crippen molar-refractivity contribution in [3.05, 3.63) is 41.2 Å². The van der Waals surface area contributed by atoms with Gasteiger partial charge in [-0.1, -0.05) is 19.1 Å². The summed E-state index contributed by atoms with van der Waals surface area (Å²) in [5.74, 6) is -0.886. The zero-order chi connectivity index (χ0) is 12.9. The van der Waals surface area contributed by atoms with E-state index in [1.165, 1.54) is 6.08 Å². The summed E-state index contributed by atoms with van der Waals surface area (Å²) in [6.07, 6.45) is -1.41. The second-order valence-electron chi connectivity index (χ2n) is 3.48. The first kappa shape index (κ1) is 13.7. The fraction of sp³-hybridized carbons (Fsp3) is 0.333. The number of alkyl halides is 3. The Bertz CT molecular complexity index is 396. The highest BCUT2D eigenvalue weighted by atomic mass is 19.4. The van der Waals surface area contributed by atoms with Crippen molar-refractivity contribution in [1.29, 1.82) is 0 Å². The van der Waals surface area contributed by atoms with Gasteiger partial charge in [0.2, 0.25) is 0 Å². The minimum absolute atomic E-state index is 0.204. The van der Waals surface area contributed by atoms with E-state index in [2.05, 4.69) is 5.32 Å². The Morgan fingerprint density at radius 1 is 1.24 bits per heavy atom. The van der Waals surface area contributed by atoms with Crippen LogP contribution in [0.2, 0.25) is 0 Å². The molecule has 0 aromatic heterocycles. The number of halogens is 4. The van der Waals surface area contributed by atoms with Crippen molar-refractivity contribution in [1.82, 2.24) is 5.32 Å². The SMILES string of the molecule is CCNC/C=C/c1cc(F)cc(C(F)(F)F)c1. The van der Waals surface area contributed by atoms with Crippen LogP contribution in [-0.2, 0) is 6.18 Å². The van der Waals surface area contributed by atoms with E-state index >= 15 is 0 Å². The molecule has 0 saturated carbocycles. The molecule has 0 bridgehead atoms. The summed E-state index contributed by atoms with van der Waals surface area (Å²) in [7, 11) is 0. The number of hydrogen-bond acceptors (Lipinski definition) is 1. The fourth-order valence-corrected chi connectivity index (χ4v) is 1.29. The smallest absolute Gasteiger partial charge is 0.314 e. The zero-order valence-corrected chi connectivity index (χ0v) is 9.31. The van der Waals surface area contributed by atoms with E-state index in [-0.39, 0.29) is 5.56 Å². The van der Waals surface area contributed by atoms with Crippen LogP contribution in [0.25, 0.3) is 6.08 Å². The summed E-state index contributed by atoms with van der Waals surface area (Å²) in [4.78, 5) is 0. The summed E-state index contributed by atoms with van der Waals surface area (Å²) >= 11 is 0. The van der Waals surface area contributed by atoms with Crippen LogP contribution >= 0.6 is 0 Å². The van der Waals surface area contributed by atoms with Crippen molar-refractivity contribution >= 4 is 6.08 Å². The standard InChI is InChI=1S/C12H13F4N/c1-2-17-5-3-4-9-6-10(12(14,15)16)8-11(13)7-9/h3-4,6-8,17H,2,5H2,1H3/b4-3+. The Morgan fingerprint density at radius 2 is 1.94 bits per heavy atom. The van der Waals surface area contributed by atoms with Gasteiger partial charge in [-0.3, -0.25) is 0 Å². The van der Waals surface area contributed by atoms with Gasteiger partial charge in [0, 0.05) is 6.54 Å². The summed E-state index contributed by atoms with van der Waals surface area (Å²) in [5.41, 5.74) is -0.768. The van der Waals surface area contributed by atoms with Gasteiger partial charge in [-0.05, 0) is 30.3 Å². The lowest BCUT2D eigenvalue weighted by atomic mass is 10.1.